The van der Waals surface area contributed by atoms with Crippen LogP contribution in [0.3, 0.4) is 0 Å². The number of hydrogen-bond acceptors (Lipinski definition) is 5. The van der Waals surface area contributed by atoms with Crippen LogP contribution in [0.15, 0.2) is 47.1 Å². The molecule has 1 fully saturated rings. The van der Waals surface area contributed by atoms with Gasteiger partial charge in [0.25, 0.3) is 5.91 Å². The van der Waals surface area contributed by atoms with E-state index in [4.69, 9.17) is 37.6 Å². The number of benzene rings is 2. The van der Waals surface area contributed by atoms with Crippen LogP contribution >= 0.6 is 23.2 Å². The number of ether oxygens (including phenoxy) is 1. The first-order chi connectivity index (χ1) is 17.1. The highest BCUT2D eigenvalue weighted by atomic mass is 35.5. The van der Waals surface area contributed by atoms with Crippen molar-refractivity contribution in [2.45, 2.75) is 26.2 Å². The van der Waals surface area contributed by atoms with Crippen LogP contribution in [0.1, 0.15) is 39.7 Å². The summed E-state index contributed by atoms with van der Waals surface area (Å²) < 4.78 is 12.8. The molecule has 5 rings (SSSR count). The van der Waals surface area contributed by atoms with Gasteiger partial charge in [0.15, 0.2) is 5.76 Å². The molecule has 9 heteroatoms. The normalized spacial score (nSPS) is 14.9. The van der Waals surface area contributed by atoms with Crippen LogP contribution < -0.4 is 0 Å². The Hall–Kier alpha value is -3.39. The first kappa shape index (κ1) is 24.3. The van der Waals surface area contributed by atoms with E-state index in [2.05, 4.69) is 5.16 Å². The minimum Gasteiger partial charge on any atom is -0.478 e. The Morgan fingerprint density at radius 2 is 1.92 bits per heavy atom. The van der Waals surface area contributed by atoms with Gasteiger partial charge < -0.3 is 14.4 Å². The summed E-state index contributed by atoms with van der Waals surface area (Å²) in [6.45, 7) is 6.47. The highest BCUT2D eigenvalue weighted by Crippen LogP contribution is 2.42. The number of aryl methyl sites for hydroxylation is 2. The second kappa shape index (κ2) is 8.92. The van der Waals surface area contributed by atoms with Crippen molar-refractivity contribution < 1.29 is 24.0 Å². The summed E-state index contributed by atoms with van der Waals surface area (Å²) >= 11 is 12.8. The molecule has 1 N–H and O–H groups in total. The maximum Gasteiger partial charge on any atom is 0.328 e. The van der Waals surface area contributed by atoms with E-state index in [9.17, 15) is 9.59 Å². The number of carbonyl (C=O) groups is 2. The molecule has 7 nitrogen and oxygen atoms in total. The SMILES string of the molecule is Cc1cc(Cl)cc(Cl)c1-c1noc(C2(C)COC2)c1C(=O)n1cc(C)c2c(/C=C/C(=O)O)cccc21. The average molecular weight is 525 g/mol. The third-order valence-electron chi connectivity index (χ3n) is 6.46. The molecular formula is C27H22Cl2N2O5. The number of aliphatic carboxylic acids is 1. The van der Waals surface area contributed by atoms with Crippen LogP contribution in [0.4, 0.5) is 0 Å². The maximum atomic E-state index is 14.2. The number of fused-ring (bicyclic) bond motifs is 1. The number of halogens is 2. The van der Waals surface area contributed by atoms with Gasteiger partial charge in [0.05, 0.1) is 29.2 Å². The molecule has 1 saturated heterocycles. The van der Waals surface area contributed by atoms with Crippen molar-refractivity contribution in [1.82, 2.24) is 9.72 Å². The van der Waals surface area contributed by atoms with E-state index in [1.54, 1.807) is 29.0 Å². The van der Waals surface area contributed by atoms with Gasteiger partial charge in [-0.25, -0.2) is 4.79 Å². The van der Waals surface area contributed by atoms with E-state index in [0.29, 0.717) is 56.9 Å². The van der Waals surface area contributed by atoms with Crippen molar-refractivity contribution in [3.05, 3.63) is 80.7 Å². The van der Waals surface area contributed by atoms with Crippen molar-refractivity contribution in [1.29, 1.82) is 0 Å². The molecule has 3 heterocycles. The van der Waals surface area contributed by atoms with Gasteiger partial charge in [0, 0.05) is 28.2 Å². The van der Waals surface area contributed by atoms with Gasteiger partial charge in [-0.05, 0) is 61.7 Å². The molecule has 0 bridgehead atoms. The van der Waals surface area contributed by atoms with Crippen LogP contribution in [0.25, 0.3) is 28.2 Å². The van der Waals surface area contributed by atoms with Crippen molar-refractivity contribution >= 4 is 52.1 Å². The van der Waals surface area contributed by atoms with Gasteiger partial charge in [0.1, 0.15) is 11.3 Å². The zero-order valence-electron chi connectivity index (χ0n) is 19.8. The molecule has 0 aliphatic carbocycles. The van der Waals surface area contributed by atoms with E-state index < -0.39 is 11.4 Å². The lowest BCUT2D eigenvalue weighted by molar-refractivity contribution is -0.131. The average Bonchev–Trinajstić information content (AvgIpc) is 3.37. The Morgan fingerprint density at radius 3 is 2.56 bits per heavy atom. The molecule has 0 spiro atoms. The lowest BCUT2D eigenvalue weighted by Crippen LogP contribution is -2.44. The van der Waals surface area contributed by atoms with Crippen molar-refractivity contribution in [3.63, 3.8) is 0 Å². The fraction of sp³-hybridized carbons (Fsp3) is 0.222. The Kier molecular flexibility index (Phi) is 6.03. The zero-order chi connectivity index (χ0) is 25.8. The van der Waals surface area contributed by atoms with Crippen LogP contribution in [0, 0.1) is 13.8 Å². The number of hydrogen-bond donors (Lipinski definition) is 1. The molecule has 0 amide bonds. The molecule has 4 aromatic rings. The van der Waals surface area contributed by atoms with Crippen LogP contribution in [0.2, 0.25) is 10.0 Å². The largest absolute Gasteiger partial charge is 0.478 e. The minimum atomic E-state index is -1.05. The van der Waals surface area contributed by atoms with Gasteiger partial charge >= 0.3 is 5.97 Å². The summed E-state index contributed by atoms with van der Waals surface area (Å²) in [6.07, 6.45) is 4.33. The van der Waals surface area contributed by atoms with Crippen molar-refractivity contribution in [2.75, 3.05) is 13.2 Å². The third kappa shape index (κ3) is 3.93. The van der Waals surface area contributed by atoms with E-state index in [0.717, 1.165) is 22.6 Å². The zero-order valence-corrected chi connectivity index (χ0v) is 21.3. The van der Waals surface area contributed by atoms with E-state index in [-0.39, 0.29) is 5.91 Å². The van der Waals surface area contributed by atoms with E-state index in [1.807, 2.05) is 32.9 Å². The molecule has 0 radical (unpaired) electrons. The summed E-state index contributed by atoms with van der Waals surface area (Å²) in [5.74, 6) is -0.956. The van der Waals surface area contributed by atoms with Gasteiger partial charge in [-0.1, -0.05) is 40.5 Å². The summed E-state index contributed by atoms with van der Waals surface area (Å²) in [7, 11) is 0. The fourth-order valence-corrected chi connectivity index (χ4v) is 5.40. The highest BCUT2D eigenvalue weighted by Gasteiger charge is 2.44. The lowest BCUT2D eigenvalue weighted by atomic mass is 9.82. The molecule has 36 heavy (non-hydrogen) atoms. The quantitative estimate of drug-likeness (QED) is 0.308. The van der Waals surface area contributed by atoms with Gasteiger partial charge in [-0.3, -0.25) is 9.36 Å². The minimum absolute atomic E-state index is 0.302. The third-order valence-corrected chi connectivity index (χ3v) is 6.98. The Bertz CT molecular complexity index is 1550. The number of rotatable bonds is 5. The number of carboxylic acid groups (broad SMARTS) is 1. The number of carboxylic acids is 1. The maximum absolute atomic E-state index is 14.2. The van der Waals surface area contributed by atoms with Gasteiger partial charge in [-0.15, -0.1) is 0 Å². The second-order valence-electron chi connectivity index (χ2n) is 9.27. The van der Waals surface area contributed by atoms with Crippen LogP contribution in [-0.2, 0) is 14.9 Å². The predicted octanol–water partition coefficient (Wildman–Crippen LogP) is 6.29. The summed E-state index contributed by atoms with van der Waals surface area (Å²) in [5, 5.41) is 15.0. The molecular weight excluding hydrogens is 503 g/mol. The molecule has 2 aromatic carbocycles. The molecule has 0 saturated carbocycles. The molecule has 0 unspecified atom stereocenters. The predicted molar refractivity (Wildman–Crippen MR) is 138 cm³/mol. The fourth-order valence-electron chi connectivity index (χ4n) is 4.72. The van der Waals surface area contributed by atoms with Gasteiger partial charge in [0.2, 0.25) is 0 Å². The molecule has 2 aromatic heterocycles. The summed E-state index contributed by atoms with van der Waals surface area (Å²) in [5.41, 5.74) is 3.60. The van der Waals surface area contributed by atoms with Crippen molar-refractivity contribution in [2.24, 2.45) is 0 Å². The number of aromatic nitrogens is 2. The molecule has 1 aliphatic heterocycles. The monoisotopic (exact) mass is 524 g/mol. The Morgan fingerprint density at radius 1 is 1.17 bits per heavy atom. The molecule has 1 aliphatic rings. The second-order valence-corrected chi connectivity index (χ2v) is 10.1. The number of carbonyl (C=O) groups excluding carboxylic acids is 1. The van der Waals surface area contributed by atoms with Crippen LogP contribution in [-0.4, -0.2) is 39.9 Å². The Labute approximate surface area is 216 Å². The first-order valence-corrected chi connectivity index (χ1v) is 12.0. The smallest absolute Gasteiger partial charge is 0.328 e. The van der Waals surface area contributed by atoms with E-state index in [1.165, 1.54) is 6.08 Å². The number of nitrogens with zero attached hydrogens (tertiary/aromatic N) is 2. The summed E-state index contributed by atoms with van der Waals surface area (Å²) in [4.78, 5) is 25.3. The molecule has 0 atom stereocenters. The topological polar surface area (TPSA) is 94.6 Å². The lowest BCUT2D eigenvalue weighted by Gasteiger charge is -2.36. The Balaban J connectivity index is 1.74. The first-order valence-electron chi connectivity index (χ1n) is 11.2. The van der Waals surface area contributed by atoms with Crippen LogP contribution in [0.5, 0.6) is 0 Å². The van der Waals surface area contributed by atoms with E-state index >= 15 is 0 Å². The standard InChI is InChI=1S/C27H22Cl2N2O5/c1-14-9-17(28)10-18(29)22(14)24-23(25(36-30-24)27(3)12-35-13-27)26(34)31-11-15(2)21-16(7-8-20(32)33)5-4-6-19(21)31/h4-11H,12-13H2,1-3H3,(H,32,33)/b8-7+. The van der Waals surface area contributed by atoms with Gasteiger partial charge in [-0.2, -0.15) is 0 Å². The van der Waals surface area contributed by atoms with Crippen molar-refractivity contribution in [3.8, 4) is 11.3 Å². The molecule has 184 valence electrons. The summed E-state index contributed by atoms with van der Waals surface area (Å²) in [6, 6.07) is 8.78. The highest BCUT2D eigenvalue weighted by molar-refractivity contribution is 6.36.